The van der Waals surface area contributed by atoms with Crippen molar-refractivity contribution in [3.63, 3.8) is 0 Å². The van der Waals surface area contributed by atoms with Crippen LogP contribution in [0.1, 0.15) is 11.9 Å². The average Bonchev–Trinajstić information content (AvgIpc) is 2.79. The molecule has 0 radical (unpaired) electrons. The molecule has 84 valence electrons. The SMILES string of the molecule is OC(CSc1cccc(Cl)c1)c1ncc[nH]1. The van der Waals surface area contributed by atoms with Gasteiger partial charge in [0.25, 0.3) is 0 Å². The molecule has 0 aliphatic carbocycles. The van der Waals surface area contributed by atoms with Gasteiger partial charge >= 0.3 is 0 Å². The summed E-state index contributed by atoms with van der Waals surface area (Å²) in [6, 6.07) is 7.56. The summed E-state index contributed by atoms with van der Waals surface area (Å²) >= 11 is 7.41. The van der Waals surface area contributed by atoms with Gasteiger partial charge in [0, 0.05) is 28.1 Å². The maximum atomic E-state index is 9.79. The predicted octanol–water partition coefficient (Wildman–Crippen LogP) is 2.89. The zero-order chi connectivity index (χ0) is 11.4. The van der Waals surface area contributed by atoms with Gasteiger partial charge in [0.2, 0.25) is 0 Å². The van der Waals surface area contributed by atoms with E-state index in [1.807, 2.05) is 24.3 Å². The molecule has 1 heterocycles. The lowest BCUT2D eigenvalue weighted by Crippen LogP contribution is -2.02. The second-order valence-electron chi connectivity index (χ2n) is 3.26. The number of imidazole rings is 1. The van der Waals surface area contributed by atoms with E-state index in [9.17, 15) is 5.11 Å². The van der Waals surface area contributed by atoms with E-state index in [2.05, 4.69) is 9.97 Å². The lowest BCUT2D eigenvalue weighted by molar-refractivity contribution is 0.195. The Morgan fingerprint density at radius 3 is 3.06 bits per heavy atom. The highest BCUT2D eigenvalue weighted by molar-refractivity contribution is 7.99. The molecule has 1 aromatic heterocycles. The van der Waals surface area contributed by atoms with Crippen molar-refractivity contribution in [2.24, 2.45) is 0 Å². The number of aromatic nitrogens is 2. The molecule has 2 N–H and O–H groups in total. The molecule has 0 bridgehead atoms. The van der Waals surface area contributed by atoms with E-state index in [-0.39, 0.29) is 0 Å². The van der Waals surface area contributed by atoms with Crippen LogP contribution in [0, 0.1) is 0 Å². The third-order valence-corrected chi connectivity index (χ3v) is 3.34. The number of aromatic amines is 1. The molecule has 1 aromatic carbocycles. The molecule has 3 nitrogen and oxygen atoms in total. The van der Waals surface area contributed by atoms with Crippen molar-refractivity contribution in [2.45, 2.75) is 11.0 Å². The molecule has 0 saturated carbocycles. The summed E-state index contributed by atoms with van der Waals surface area (Å²) in [5.74, 6) is 1.14. The third-order valence-electron chi connectivity index (χ3n) is 2.04. The Balaban J connectivity index is 1.92. The van der Waals surface area contributed by atoms with E-state index in [4.69, 9.17) is 11.6 Å². The van der Waals surface area contributed by atoms with Crippen molar-refractivity contribution in [2.75, 3.05) is 5.75 Å². The number of thioether (sulfide) groups is 1. The van der Waals surface area contributed by atoms with Crippen LogP contribution in [-0.2, 0) is 0 Å². The standard InChI is InChI=1S/C11H11ClN2OS/c12-8-2-1-3-9(6-8)16-7-10(15)11-13-4-5-14-11/h1-6,10,15H,7H2,(H,13,14). The van der Waals surface area contributed by atoms with E-state index >= 15 is 0 Å². The molecule has 16 heavy (non-hydrogen) atoms. The van der Waals surface area contributed by atoms with Gasteiger partial charge in [0.1, 0.15) is 11.9 Å². The number of rotatable bonds is 4. The first kappa shape index (κ1) is 11.5. The van der Waals surface area contributed by atoms with Crippen molar-refractivity contribution in [3.8, 4) is 0 Å². The molecule has 5 heteroatoms. The molecular weight excluding hydrogens is 244 g/mol. The van der Waals surface area contributed by atoms with Gasteiger partial charge in [-0.25, -0.2) is 4.98 Å². The van der Waals surface area contributed by atoms with Gasteiger partial charge in [0.05, 0.1) is 0 Å². The van der Waals surface area contributed by atoms with Crippen molar-refractivity contribution < 1.29 is 5.11 Å². The van der Waals surface area contributed by atoms with Crippen molar-refractivity contribution in [3.05, 3.63) is 47.5 Å². The number of H-pyrrole nitrogens is 1. The van der Waals surface area contributed by atoms with E-state index in [1.165, 1.54) is 0 Å². The van der Waals surface area contributed by atoms with Crippen LogP contribution in [0.3, 0.4) is 0 Å². The largest absolute Gasteiger partial charge is 0.384 e. The number of hydrogen-bond acceptors (Lipinski definition) is 3. The maximum Gasteiger partial charge on any atom is 0.135 e. The van der Waals surface area contributed by atoms with E-state index in [1.54, 1.807) is 24.2 Å². The predicted molar refractivity (Wildman–Crippen MR) is 65.7 cm³/mol. The number of benzene rings is 1. The minimum atomic E-state index is -0.584. The fourth-order valence-electron chi connectivity index (χ4n) is 1.27. The number of halogens is 1. The zero-order valence-electron chi connectivity index (χ0n) is 8.43. The van der Waals surface area contributed by atoms with Crippen molar-refractivity contribution in [1.29, 1.82) is 0 Å². The van der Waals surface area contributed by atoms with E-state index in [0.29, 0.717) is 16.6 Å². The topological polar surface area (TPSA) is 48.9 Å². The molecule has 1 atom stereocenters. The molecule has 1 unspecified atom stereocenters. The van der Waals surface area contributed by atoms with Crippen LogP contribution in [0.15, 0.2) is 41.6 Å². The Kier molecular flexibility index (Phi) is 3.88. The minimum absolute atomic E-state index is 0.549. The molecule has 0 aliphatic rings. The number of aliphatic hydroxyl groups excluding tert-OH is 1. The smallest absolute Gasteiger partial charge is 0.135 e. The zero-order valence-corrected chi connectivity index (χ0v) is 10.0. The fraction of sp³-hybridized carbons (Fsp3) is 0.182. The minimum Gasteiger partial charge on any atom is -0.384 e. The first-order valence-electron chi connectivity index (χ1n) is 4.81. The second kappa shape index (κ2) is 5.39. The number of aliphatic hydroxyl groups is 1. The molecule has 2 aromatic rings. The first-order valence-corrected chi connectivity index (χ1v) is 6.18. The number of nitrogens with zero attached hydrogens (tertiary/aromatic N) is 1. The Morgan fingerprint density at radius 2 is 2.38 bits per heavy atom. The van der Waals surface area contributed by atoms with Gasteiger partial charge in [-0.2, -0.15) is 0 Å². The summed E-state index contributed by atoms with van der Waals surface area (Å²) in [5.41, 5.74) is 0. The monoisotopic (exact) mass is 254 g/mol. The van der Waals surface area contributed by atoms with Crippen LogP contribution in [0.25, 0.3) is 0 Å². The summed E-state index contributed by atoms with van der Waals surface area (Å²) in [5, 5.41) is 10.5. The molecule has 2 rings (SSSR count). The lowest BCUT2D eigenvalue weighted by atomic mass is 10.4. The van der Waals surface area contributed by atoms with Gasteiger partial charge < -0.3 is 10.1 Å². The summed E-state index contributed by atoms with van der Waals surface area (Å²) in [6.07, 6.45) is 2.74. The van der Waals surface area contributed by atoms with Crippen LogP contribution in [0.5, 0.6) is 0 Å². The maximum absolute atomic E-state index is 9.79. The second-order valence-corrected chi connectivity index (χ2v) is 4.79. The fourth-order valence-corrected chi connectivity index (χ4v) is 2.42. The van der Waals surface area contributed by atoms with Crippen LogP contribution in [-0.4, -0.2) is 20.8 Å². The Hall–Kier alpha value is -0.970. The van der Waals surface area contributed by atoms with Crippen LogP contribution in [0.4, 0.5) is 0 Å². The molecular formula is C11H11ClN2OS. The van der Waals surface area contributed by atoms with Crippen molar-refractivity contribution in [1.82, 2.24) is 9.97 Å². The van der Waals surface area contributed by atoms with Gasteiger partial charge in [-0.15, -0.1) is 11.8 Å². The normalized spacial score (nSPS) is 12.6. The van der Waals surface area contributed by atoms with Gasteiger partial charge in [-0.05, 0) is 18.2 Å². The van der Waals surface area contributed by atoms with Gasteiger partial charge in [-0.1, -0.05) is 17.7 Å². The first-order chi connectivity index (χ1) is 7.75. The van der Waals surface area contributed by atoms with Crippen LogP contribution < -0.4 is 0 Å². The Morgan fingerprint density at radius 1 is 1.50 bits per heavy atom. The molecule has 0 fully saturated rings. The third kappa shape index (κ3) is 3.01. The average molecular weight is 255 g/mol. The molecule has 0 spiro atoms. The summed E-state index contributed by atoms with van der Waals surface area (Å²) < 4.78 is 0. The number of hydrogen-bond donors (Lipinski definition) is 2. The highest BCUT2D eigenvalue weighted by Gasteiger charge is 2.10. The Bertz CT molecular complexity index is 447. The molecule has 0 saturated heterocycles. The van der Waals surface area contributed by atoms with Gasteiger partial charge in [-0.3, -0.25) is 0 Å². The summed E-state index contributed by atoms with van der Waals surface area (Å²) in [6.45, 7) is 0. The van der Waals surface area contributed by atoms with Crippen LogP contribution >= 0.6 is 23.4 Å². The Labute approximate surface area is 103 Å². The quantitative estimate of drug-likeness (QED) is 0.825. The summed E-state index contributed by atoms with van der Waals surface area (Å²) in [7, 11) is 0. The lowest BCUT2D eigenvalue weighted by Gasteiger charge is -2.07. The molecule has 0 amide bonds. The molecule has 0 aliphatic heterocycles. The van der Waals surface area contributed by atoms with Crippen LogP contribution in [0.2, 0.25) is 5.02 Å². The van der Waals surface area contributed by atoms with Gasteiger partial charge in [0.15, 0.2) is 0 Å². The van der Waals surface area contributed by atoms with Crippen molar-refractivity contribution >= 4 is 23.4 Å². The summed E-state index contributed by atoms with van der Waals surface area (Å²) in [4.78, 5) is 7.93. The highest BCUT2D eigenvalue weighted by Crippen LogP contribution is 2.25. The highest BCUT2D eigenvalue weighted by atomic mass is 35.5. The van der Waals surface area contributed by atoms with E-state index in [0.717, 1.165) is 4.90 Å². The number of nitrogens with one attached hydrogen (secondary N) is 1. The van der Waals surface area contributed by atoms with E-state index < -0.39 is 6.10 Å².